The first-order chi connectivity index (χ1) is 12.8. The molecule has 1 atom stereocenters. The number of halogens is 1. The van der Waals surface area contributed by atoms with Crippen LogP contribution in [0.4, 0.5) is 4.79 Å². The van der Waals surface area contributed by atoms with Gasteiger partial charge < -0.3 is 16.0 Å². The summed E-state index contributed by atoms with van der Waals surface area (Å²) in [6.07, 6.45) is 6.24. The van der Waals surface area contributed by atoms with Gasteiger partial charge in [-0.3, -0.25) is 14.5 Å². The Morgan fingerprint density at radius 2 is 1.93 bits per heavy atom. The van der Waals surface area contributed by atoms with Gasteiger partial charge >= 0.3 is 6.03 Å². The summed E-state index contributed by atoms with van der Waals surface area (Å²) in [4.78, 5) is 38.9. The van der Waals surface area contributed by atoms with Gasteiger partial charge in [-0.05, 0) is 56.4 Å². The Kier molecular flexibility index (Phi) is 7.37. The number of hydrogen-bond acceptors (Lipinski definition) is 4. The highest BCUT2D eigenvalue weighted by atomic mass is 35.5. The Morgan fingerprint density at radius 3 is 2.50 bits per heavy atom. The maximum atomic E-state index is 13.0. The van der Waals surface area contributed by atoms with Crippen LogP contribution in [0.3, 0.4) is 0 Å². The van der Waals surface area contributed by atoms with Crippen molar-refractivity contribution in [1.29, 1.82) is 0 Å². The van der Waals surface area contributed by atoms with E-state index in [1.807, 2.05) is 0 Å². The maximum absolute atomic E-state index is 13.0. The molecule has 0 aromatic carbocycles. The average molecular weight is 415 g/mol. The van der Waals surface area contributed by atoms with Crippen molar-refractivity contribution in [2.45, 2.75) is 77.3 Å². The average Bonchev–Trinajstić information content (AvgIpc) is 2.87. The molecule has 2 heterocycles. The van der Waals surface area contributed by atoms with Crippen molar-refractivity contribution in [3.05, 3.63) is 0 Å². The molecule has 1 unspecified atom stereocenters. The molecule has 3 fully saturated rings. The van der Waals surface area contributed by atoms with Crippen molar-refractivity contribution < 1.29 is 14.4 Å². The highest BCUT2D eigenvalue weighted by molar-refractivity contribution is 6.09. The fourth-order valence-electron chi connectivity index (χ4n) is 4.73. The van der Waals surface area contributed by atoms with Crippen LogP contribution >= 0.6 is 12.4 Å². The quantitative estimate of drug-likeness (QED) is 0.601. The van der Waals surface area contributed by atoms with Crippen molar-refractivity contribution in [2.24, 2.45) is 11.3 Å². The molecule has 0 radical (unpaired) electrons. The number of hydrogen-bond donors (Lipinski definition) is 3. The minimum Gasteiger partial charge on any atom is -0.351 e. The fraction of sp³-hybridized carbons (Fsp3) is 0.850. The van der Waals surface area contributed by atoms with Crippen LogP contribution in [0.15, 0.2) is 0 Å². The van der Waals surface area contributed by atoms with E-state index in [0.29, 0.717) is 18.8 Å². The SMILES string of the molecule is CCC(C)(C)C1CCC2(CC1)NC(=O)N(CC(=O)NC1CCCNC1)C2=O.Cl. The van der Waals surface area contributed by atoms with Gasteiger partial charge in [0, 0.05) is 12.6 Å². The molecule has 1 aliphatic carbocycles. The predicted molar refractivity (Wildman–Crippen MR) is 110 cm³/mol. The molecule has 1 saturated carbocycles. The number of imide groups is 1. The second-order valence-corrected chi connectivity index (χ2v) is 9.13. The lowest BCUT2D eigenvalue weighted by atomic mass is 9.65. The van der Waals surface area contributed by atoms with E-state index in [-0.39, 0.29) is 42.2 Å². The summed E-state index contributed by atoms with van der Waals surface area (Å²) in [7, 11) is 0. The van der Waals surface area contributed by atoms with E-state index >= 15 is 0 Å². The van der Waals surface area contributed by atoms with Crippen molar-refractivity contribution in [3.8, 4) is 0 Å². The first-order valence-corrected chi connectivity index (χ1v) is 10.4. The smallest absolute Gasteiger partial charge is 0.325 e. The Morgan fingerprint density at radius 1 is 1.25 bits per heavy atom. The normalized spacial score (nSPS) is 30.8. The third kappa shape index (κ3) is 4.62. The third-order valence-electron chi connectivity index (χ3n) is 7.07. The second kappa shape index (κ2) is 8.99. The summed E-state index contributed by atoms with van der Waals surface area (Å²) in [5, 5.41) is 9.10. The van der Waals surface area contributed by atoms with Crippen molar-refractivity contribution >= 4 is 30.3 Å². The first kappa shape index (κ1) is 22.9. The lowest BCUT2D eigenvalue weighted by Crippen LogP contribution is -2.52. The Balaban J connectivity index is 0.00000280. The number of carbonyl (C=O) groups is 3. The number of rotatable bonds is 5. The summed E-state index contributed by atoms with van der Waals surface area (Å²) in [6, 6.07) is -0.349. The van der Waals surface area contributed by atoms with Gasteiger partial charge in [-0.1, -0.05) is 27.2 Å². The third-order valence-corrected chi connectivity index (χ3v) is 7.07. The van der Waals surface area contributed by atoms with Crippen LogP contribution in [0.5, 0.6) is 0 Å². The molecule has 0 aromatic heterocycles. The van der Waals surface area contributed by atoms with Crippen molar-refractivity contribution in [2.75, 3.05) is 19.6 Å². The monoisotopic (exact) mass is 414 g/mol. The predicted octanol–water partition coefficient (Wildman–Crippen LogP) is 2.19. The molecule has 3 N–H and O–H groups in total. The zero-order chi connectivity index (χ0) is 19.7. The number of carbonyl (C=O) groups excluding carboxylic acids is 3. The Bertz CT molecular complexity index is 596. The van der Waals surface area contributed by atoms with Gasteiger partial charge in [-0.15, -0.1) is 12.4 Å². The first-order valence-electron chi connectivity index (χ1n) is 10.4. The van der Waals surface area contributed by atoms with Crippen LogP contribution < -0.4 is 16.0 Å². The molecular weight excluding hydrogens is 380 g/mol. The minimum atomic E-state index is -0.802. The molecule has 3 aliphatic rings. The van der Waals surface area contributed by atoms with E-state index in [1.54, 1.807) is 0 Å². The fourth-order valence-corrected chi connectivity index (χ4v) is 4.73. The maximum Gasteiger partial charge on any atom is 0.325 e. The summed E-state index contributed by atoms with van der Waals surface area (Å²) < 4.78 is 0. The summed E-state index contributed by atoms with van der Waals surface area (Å²) >= 11 is 0. The Hall–Kier alpha value is -1.34. The zero-order valence-electron chi connectivity index (χ0n) is 17.3. The van der Waals surface area contributed by atoms with E-state index in [4.69, 9.17) is 0 Å². The van der Waals surface area contributed by atoms with Crippen LogP contribution in [-0.4, -0.2) is 54.0 Å². The molecular formula is C20H35ClN4O3. The van der Waals surface area contributed by atoms with Gasteiger partial charge in [0.25, 0.3) is 5.91 Å². The molecule has 3 rings (SSSR count). The summed E-state index contributed by atoms with van der Waals surface area (Å²) in [6.45, 7) is 8.28. The van der Waals surface area contributed by atoms with Gasteiger partial charge in [-0.25, -0.2) is 4.79 Å². The lowest BCUT2D eigenvalue weighted by Gasteiger charge is -2.42. The highest BCUT2D eigenvalue weighted by Gasteiger charge is 2.53. The summed E-state index contributed by atoms with van der Waals surface area (Å²) in [5.74, 6) is 0.0798. The van der Waals surface area contributed by atoms with E-state index < -0.39 is 11.6 Å². The number of amides is 4. The van der Waals surface area contributed by atoms with Crippen LogP contribution in [0.1, 0.15) is 65.7 Å². The zero-order valence-corrected chi connectivity index (χ0v) is 18.1. The molecule has 8 heteroatoms. The van der Waals surface area contributed by atoms with E-state index in [2.05, 4.69) is 36.7 Å². The van der Waals surface area contributed by atoms with Crippen LogP contribution in [0.2, 0.25) is 0 Å². The molecule has 28 heavy (non-hydrogen) atoms. The number of piperidine rings is 1. The van der Waals surface area contributed by atoms with Crippen molar-refractivity contribution in [3.63, 3.8) is 0 Å². The number of nitrogens with one attached hydrogen (secondary N) is 3. The molecule has 160 valence electrons. The second-order valence-electron chi connectivity index (χ2n) is 9.13. The number of urea groups is 1. The molecule has 1 spiro atoms. The van der Waals surface area contributed by atoms with E-state index in [9.17, 15) is 14.4 Å². The molecule has 0 bridgehead atoms. The van der Waals surface area contributed by atoms with Crippen molar-refractivity contribution in [1.82, 2.24) is 20.9 Å². The number of nitrogens with zero attached hydrogens (tertiary/aromatic N) is 1. The largest absolute Gasteiger partial charge is 0.351 e. The minimum absolute atomic E-state index is 0. The van der Waals surface area contributed by atoms with E-state index in [0.717, 1.165) is 50.1 Å². The molecule has 2 aliphatic heterocycles. The lowest BCUT2D eigenvalue weighted by molar-refractivity contribution is -0.136. The highest BCUT2D eigenvalue weighted by Crippen LogP contribution is 2.45. The molecule has 2 saturated heterocycles. The van der Waals surface area contributed by atoms with Gasteiger partial charge in [0.05, 0.1) is 0 Å². The Labute approximate surface area is 174 Å². The van der Waals surface area contributed by atoms with E-state index in [1.165, 1.54) is 0 Å². The van der Waals surface area contributed by atoms with Crippen LogP contribution in [-0.2, 0) is 9.59 Å². The van der Waals surface area contributed by atoms with Gasteiger partial charge in [-0.2, -0.15) is 0 Å². The van der Waals surface area contributed by atoms with Gasteiger partial charge in [0.2, 0.25) is 5.91 Å². The topological polar surface area (TPSA) is 90.5 Å². The van der Waals surface area contributed by atoms with Crippen LogP contribution in [0.25, 0.3) is 0 Å². The van der Waals surface area contributed by atoms with Crippen LogP contribution in [0, 0.1) is 11.3 Å². The van der Waals surface area contributed by atoms with Gasteiger partial charge in [0.15, 0.2) is 0 Å². The molecule has 4 amide bonds. The summed E-state index contributed by atoms with van der Waals surface area (Å²) in [5.41, 5.74) is -0.551. The standard InChI is InChI=1S/C20H34N4O3.ClH/c1-4-19(2,3)14-7-9-20(10-8-14)17(26)24(18(27)23-20)13-16(25)22-15-6-5-11-21-12-15;/h14-15,21H,4-13H2,1-3H3,(H,22,25)(H,23,27);1H. The molecule has 7 nitrogen and oxygen atoms in total. The van der Waals surface area contributed by atoms with Gasteiger partial charge in [0.1, 0.15) is 12.1 Å². The molecule has 0 aromatic rings.